The van der Waals surface area contributed by atoms with Crippen molar-refractivity contribution >= 4 is 11.6 Å². The third-order valence-corrected chi connectivity index (χ3v) is 5.06. The van der Waals surface area contributed by atoms with Gasteiger partial charge in [-0.05, 0) is 56.3 Å². The summed E-state index contributed by atoms with van der Waals surface area (Å²) in [5.74, 6) is -0.0489. The largest absolute Gasteiger partial charge is 0.312 e. The van der Waals surface area contributed by atoms with E-state index in [-0.39, 0.29) is 5.91 Å². The quantitative estimate of drug-likeness (QED) is 0.937. The topological polar surface area (TPSA) is 63.1 Å². The van der Waals surface area contributed by atoms with Gasteiger partial charge in [0, 0.05) is 18.3 Å². The van der Waals surface area contributed by atoms with Crippen molar-refractivity contribution in [2.75, 3.05) is 18.0 Å². The number of hydrogen-bond acceptors (Lipinski definition) is 4. The Kier molecular flexibility index (Phi) is 4.06. The van der Waals surface area contributed by atoms with Crippen LogP contribution in [-0.2, 0) is 13.0 Å². The van der Waals surface area contributed by atoms with Gasteiger partial charge >= 0.3 is 0 Å². The van der Waals surface area contributed by atoms with E-state index in [9.17, 15) is 4.79 Å². The number of amides is 1. The maximum Gasteiger partial charge on any atom is 0.280 e. The van der Waals surface area contributed by atoms with Gasteiger partial charge in [-0.2, -0.15) is 0 Å². The van der Waals surface area contributed by atoms with Gasteiger partial charge in [0.1, 0.15) is 0 Å². The molecule has 1 saturated heterocycles. The monoisotopic (exact) mass is 325 g/mol. The third kappa shape index (κ3) is 2.82. The van der Waals surface area contributed by atoms with Gasteiger partial charge in [0.15, 0.2) is 5.69 Å². The number of carbonyl (C=O) groups is 1. The van der Waals surface area contributed by atoms with E-state index in [1.54, 1.807) is 10.9 Å². The van der Waals surface area contributed by atoms with Crippen LogP contribution in [0.5, 0.6) is 0 Å². The Labute approximate surface area is 141 Å². The molecule has 0 spiro atoms. The number of carbonyl (C=O) groups excluding carboxylic acids is 1. The Morgan fingerprint density at radius 3 is 3.12 bits per heavy atom. The first-order chi connectivity index (χ1) is 11.7. The Balaban J connectivity index is 1.54. The number of hydrogen-bond donors (Lipinski definition) is 1. The molecule has 1 amide bonds. The lowest BCUT2D eigenvalue weighted by molar-refractivity contribution is 0.0980. The van der Waals surface area contributed by atoms with Gasteiger partial charge in [-0.15, -0.1) is 5.10 Å². The second kappa shape index (κ2) is 6.36. The van der Waals surface area contributed by atoms with Crippen LogP contribution in [0.15, 0.2) is 24.4 Å². The van der Waals surface area contributed by atoms with Crippen molar-refractivity contribution in [1.82, 2.24) is 20.3 Å². The fourth-order valence-corrected chi connectivity index (χ4v) is 3.77. The van der Waals surface area contributed by atoms with Crippen LogP contribution in [0.1, 0.15) is 40.9 Å². The highest BCUT2D eigenvalue weighted by Gasteiger charge is 2.26. The van der Waals surface area contributed by atoms with E-state index in [4.69, 9.17) is 0 Å². The average Bonchev–Trinajstić information content (AvgIpc) is 3.27. The van der Waals surface area contributed by atoms with Crippen LogP contribution in [0.4, 0.5) is 5.69 Å². The molecule has 0 saturated carbocycles. The average molecular weight is 325 g/mol. The molecule has 6 heteroatoms. The Bertz CT molecular complexity index is 748. The van der Waals surface area contributed by atoms with Crippen LogP contribution in [0.2, 0.25) is 0 Å². The van der Waals surface area contributed by atoms with E-state index in [2.05, 4.69) is 28.6 Å². The van der Waals surface area contributed by atoms with Gasteiger partial charge in [0.25, 0.3) is 5.91 Å². The molecule has 3 heterocycles. The van der Waals surface area contributed by atoms with Gasteiger partial charge in [-0.1, -0.05) is 17.3 Å². The standard InChI is InChI=1S/C18H23N5O/c1-13-5-2-8-17-15(13)7-4-10-23(17)18(24)16-12-22(21-20-16)11-14-6-3-9-19-14/h2,5,8,12,14,19H,3-4,6-7,9-11H2,1H3. The molecule has 1 N–H and O–H groups in total. The zero-order valence-corrected chi connectivity index (χ0v) is 14.0. The van der Waals surface area contributed by atoms with Crippen LogP contribution in [-0.4, -0.2) is 40.0 Å². The maximum absolute atomic E-state index is 12.9. The van der Waals surface area contributed by atoms with Crippen molar-refractivity contribution in [3.8, 4) is 0 Å². The van der Waals surface area contributed by atoms with Crippen LogP contribution < -0.4 is 10.2 Å². The third-order valence-electron chi connectivity index (χ3n) is 5.06. The fraction of sp³-hybridized carbons (Fsp3) is 0.500. The summed E-state index contributed by atoms with van der Waals surface area (Å²) in [7, 11) is 0. The van der Waals surface area contributed by atoms with Crippen LogP contribution in [0, 0.1) is 6.92 Å². The summed E-state index contributed by atoms with van der Waals surface area (Å²) >= 11 is 0. The summed E-state index contributed by atoms with van der Waals surface area (Å²) in [5, 5.41) is 11.7. The summed E-state index contributed by atoms with van der Waals surface area (Å²) in [4.78, 5) is 14.8. The van der Waals surface area contributed by atoms with E-state index in [0.29, 0.717) is 11.7 Å². The number of aromatic nitrogens is 3. The van der Waals surface area contributed by atoms with Crippen molar-refractivity contribution in [3.05, 3.63) is 41.2 Å². The predicted octanol–water partition coefficient (Wildman–Crippen LogP) is 1.93. The summed E-state index contributed by atoms with van der Waals surface area (Å²) < 4.78 is 1.79. The Morgan fingerprint density at radius 2 is 2.29 bits per heavy atom. The highest BCUT2D eigenvalue weighted by Crippen LogP contribution is 2.30. The summed E-state index contributed by atoms with van der Waals surface area (Å²) in [6.07, 6.45) is 6.17. The molecular formula is C18H23N5O. The molecule has 6 nitrogen and oxygen atoms in total. The highest BCUT2D eigenvalue weighted by molar-refractivity contribution is 6.05. The molecule has 1 aromatic carbocycles. The first-order valence-corrected chi connectivity index (χ1v) is 8.76. The molecule has 4 rings (SSSR count). The molecule has 0 aliphatic carbocycles. The lowest BCUT2D eigenvalue weighted by Gasteiger charge is -2.29. The summed E-state index contributed by atoms with van der Waals surface area (Å²) in [6, 6.07) is 6.60. The normalized spacial score (nSPS) is 20.2. The molecule has 1 fully saturated rings. The molecule has 1 atom stereocenters. The van der Waals surface area contributed by atoms with Crippen LogP contribution in [0.25, 0.3) is 0 Å². The van der Waals surface area contributed by atoms with Gasteiger partial charge in [-0.25, -0.2) is 0 Å². The van der Waals surface area contributed by atoms with E-state index in [1.807, 2.05) is 17.0 Å². The summed E-state index contributed by atoms with van der Waals surface area (Å²) in [5.41, 5.74) is 3.99. The second-order valence-electron chi connectivity index (χ2n) is 6.75. The number of benzene rings is 1. The lowest BCUT2D eigenvalue weighted by atomic mass is 9.97. The van der Waals surface area contributed by atoms with E-state index in [0.717, 1.165) is 44.6 Å². The van der Waals surface area contributed by atoms with Crippen molar-refractivity contribution in [1.29, 1.82) is 0 Å². The molecule has 1 unspecified atom stereocenters. The number of nitrogens with one attached hydrogen (secondary N) is 1. The number of fused-ring (bicyclic) bond motifs is 1. The SMILES string of the molecule is Cc1cccc2c1CCCN2C(=O)c1cn(CC2CCCN2)nn1. The van der Waals surface area contributed by atoms with Gasteiger partial charge in [-0.3, -0.25) is 9.48 Å². The first-order valence-electron chi connectivity index (χ1n) is 8.76. The zero-order valence-electron chi connectivity index (χ0n) is 14.0. The van der Waals surface area contributed by atoms with Gasteiger partial charge < -0.3 is 10.2 Å². The van der Waals surface area contributed by atoms with E-state index < -0.39 is 0 Å². The van der Waals surface area contributed by atoms with Crippen molar-refractivity contribution in [2.24, 2.45) is 0 Å². The molecule has 0 bridgehead atoms. The van der Waals surface area contributed by atoms with E-state index >= 15 is 0 Å². The zero-order chi connectivity index (χ0) is 16.5. The fourth-order valence-electron chi connectivity index (χ4n) is 3.77. The number of nitrogens with zero attached hydrogens (tertiary/aromatic N) is 4. The van der Waals surface area contributed by atoms with Gasteiger partial charge in [0.2, 0.25) is 0 Å². The maximum atomic E-state index is 12.9. The van der Waals surface area contributed by atoms with Crippen molar-refractivity contribution in [2.45, 2.75) is 45.2 Å². The van der Waals surface area contributed by atoms with Gasteiger partial charge in [0.05, 0.1) is 12.7 Å². The molecule has 2 aliphatic heterocycles. The molecular weight excluding hydrogens is 302 g/mol. The van der Waals surface area contributed by atoms with E-state index in [1.165, 1.54) is 17.5 Å². The molecule has 2 aliphatic rings. The highest BCUT2D eigenvalue weighted by atomic mass is 16.2. The van der Waals surface area contributed by atoms with Crippen LogP contribution in [0.3, 0.4) is 0 Å². The second-order valence-corrected chi connectivity index (χ2v) is 6.75. The molecule has 126 valence electrons. The number of anilines is 1. The minimum atomic E-state index is -0.0489. The molecule has 24 heavy (non-hydrogen) atoms. The number of rotatable bonds is 3. The minimum Gasteiger partial charge on any atom is -0.312 e. The van der Waals surface area contributed by atoms with Crippen molar-refractivity contribution in [3.63, 3.8) is 0 Å². The predicted molar refractivity (Wildman–Crippen MR) is 92.2 cm³/mol. The van der Waals surface area contributed by atoms with Crippen LogP contribution >= 0.6 is 0 Å². The number of aryl methyl sites for hydroxylation is 1. The Morgan fingerprint density at radius 1 is 1.38 bits per heavy atom. The van der Waals surface area contributed by atoms with Crippen molar-refractivity contribution < 1.29 is 4.79 Å². The lowest BCUT2D eigenvalue weighted by Crippen LogP contribution is -2.36. The molecule has 2 aromatic rings. The summed E-state index contributed by atoms with van der Waals surface area (Å²) in [6.45, 7) is 4.69. The molecule has 1 aromatic heterocycles. The Hall–Kier alpha value is -2.21. The smallest absolute Gasteiger partial charge is 0.280 e. The first kappa shape index (κ1) is 15.3. The minimum absolute atomic E-state index is 0.0489. The molecule has 0 radical (unpaired) electrons.